The van der Waals surface area contributed by atoms with E-state index >= 15 is 0 Å². The van der Waals surface area contributed by atoms with Gasteiger partial charge in [0.15, 0.2) is 12.4 Å². The molecule has 15 heavy (non-hydrogen) atoms. The van der Waals surface area contributed by atoms with E-state index in [4.69, 9.17) is 0 Å². The predicted octanol–water partition coefficient (Wildman–Crippen LogP) is -0.963. The second-order valence-corrected chi connectivity index (χ2v) is 2.36. The zero-order valence-electron chi connectivity index (χ0n) is 7.72. The highest BCUT2D eigenvalue weighted by Crippen LogP contribution is 1.73. The second-order valence-electron chi connectivity index (χ2n) is 2.36. The highest BCUT2D eigenvalue weighted by atomic mass is 16.4. The number of carbonyl (C=O) groups is 1. The molecule has 2 rings (SSSR count). The average Bonchev–Trinajstić information content (AvgIpc) is 2.33. The molecule has 6 heteroatoms. The average molecular weight is 204 g/mol. The maximum absolute atomic E-state index is 10.1. The summed E-state index contributed by atoms with van der Waals surface area (Å²) in [5, 5.41) is 20.2. The minimum atomic E-state index is -1.21. The molecule has 2 aromatic rings. The van der Waals surface area contributed by atoms with Gasteiger partial charge in [-0.3, -0.25) is 0 Å². The Kier molecular flexibility index (Phi) is 4.38. The van der Waals surface area contributed by atoms with Crippen LogP contribution in [0.15, 0.2) is 49.1 Å². The normalized spacial score (nSPS) is 8.53. The van der Waals surface area contributed by atoms with Crippen molar-refractivity contribution < 1.29 is 14.5 Å². The number of nitrogens with zero attached hydrogens (tertiary/aromatic N) is 4. The second kappa shape index (κ2) is 6.14. The molecule has 0 amide bonds. The van der Waals surface area contributed by atoms with Crippen LogP contribution in [0.1, 0.15) is 0 Å². The quantitative estimate of drug-likeness (QED) is 0.516. The SMILES string of the molecule is O=C([O-])[n+]1ccccc1.c1cnnnc1. The van der Waals surface area contributed by atoms with Crippen molar-refractivity contribution in [2.75, 3.05) is 0 Å². The van der Waals surface area contributed by atoms with E-state index in [1.807, 2.05) is 0 Å². The van der Waals surface area contributed by atoms with Crippen LogP contribution < -0.4 is 9.67 Å². The maximum atomic E-state index is 10.1. The molecule has 0 aliphatic carbocycles. The first-order valence-corrected chi connectivity index (χ1v) is 4.06. The van der Waals surface area contributed by atoms with Gasteiger partial charge >= 0.3 is 6.09 Å². The first-order chi connectivity index (χ1) is 7.30. The molecule has 0 spiro atoms. The largest absolute Gasteiger partial charge is 0.490 e. The zero-order chi connectivity index (χ0) is 10.9. The Bertz CT molecular complexity index is 367. The molecular formula is C9H8N4O2. The van der Waals surface area contributed by atoms with Crippen molar-refractivity contribution in [3.8, 4) is 0 Å². The van der Waals surface area contributed by atoms with Crippen molar-refractivity contribution in [3.05, 3.63) is 49.1 Å². The van der Waals surface area contributed by atoms with Crippen molar-refractivity contribution in [3.63, 3.8) is 0 Å². The van der Waals surface area contributed by atoms with Crippen molar-refractivity contribution in [1.82, 2.24) is 15.4 Å². The molecule has 0 saturated heterocycles. The van der Waals surface area contributed by atoms with Crippen LogP contribution in [-0.4, -0.2) is 21.5 Å². The van der Waals surface area contributed by atoms with Crippen LogP contribution in [0.25, 0.3) is 0 Å². The fraction of sp³-hybridized carbons (Fsp3) is 0. The Morgan fingerprint density at radius 1 is 1.00 bits per heavy atom. The molecule has 0 aliphatic rings. The van der Waals surface area contributed by atoms with Crippen LogP contribution in [0.2, 0.25) is 0 Å². The Morgan fingerprint density at radius 2 is 1.60 bits per heavy atom. The molecule has 76 valence electrons. The molecular weight excluding hydrogens is 196 g/mol. The summed E-state index contributed by atoms with van der Waals surface area (Å²) in [5.74, 6) is 0. The lowest BCUT2D eigenvalue weighted by molar-refractivity contribution is -0.630. The smallest absolute Gasteiger partial charge is 0.343 e. The molecule has 0 unspecified atom stereocenters. The summed E-state index contributed by atoms with van der Waals surface area (Å²) < 4.78 is 0.972. The minimum Gasteiger partial charge on any atom is -0.490 e. The van der Waals surface area contributed by atoms with E-state index < -0.39 is 6.09 Å². The van der Waals surface area contributed by atoms with Crippen molar-refractivity contribution in [2.24, 2.45) is 0 Å². The molecule has 0 N–H and O–H groups in total. The van der Waals surface area contributed by atoms with Gasteiger partial charge < -0.3 is 9.90 Å². The number of carbonyl (C=O) groups excluding carboxylic acids is 1. The molecule has 0 aromatic carbocycles. The van der Waals surface area contributed by atoms with Crippen LogP contribution in [0.4, 0.5) is 4.79 Å². The molecule has 0 aliphatic heterocycles. The molecule has 0 bridgehead atoms. The van der Waals surface area contributed by atoms with E-state index in [1.165, 1.54) is 12.4 Å². The molecule has 0 radical (unpaired) electrons. The summed E-state index contributed by atoms with van der Waals surface area (Å²) in [4.78, 5) is 10.1. The third-order valence-electron chi connectivity index (χ3n) is 1.34. The number of carboxylic acid groups (broad SMARTS) is 1. The zero-order valence-corrected chi connectivity index (χ0v) is 7.72. The Morgan fingerprint density at radius 3 is 1.87 bits per heavy atom. The number of hydrogen-bond donors (Lipinski definition) is 0. The molecule has 2 heterocycles. The van der Waals surface area contributed by atoms with E-state index in [0.717, 1.165) is 4.57 Å². The van der Waals surface area contributed by atoms with Crippen LogP contribution in [-0.2, 0) is 0 Å². The molecule has 6 nitrogen and oxygen atoms in total. The van der Waals surface area contributed by atoms with Crippen LogP contribution in [0, 0.1) is 0 Å². The van der Waals surface area contributed by atoms with Gasteiger partial charge in [-0.25, -0.2) is 0 Å². The summed E-state index contributed by atoms with van der Waals surface area (Å²) >= 11 is 0. The van der Waals surface area contributed by atoms with Gasteiger partial charge in [0.2, 0.25) is 0 Å². The number of rotatable bonds is 0. The lowest BCUT2D eigenvalue weighted by Crippen LogP contribution is -2.51. The van der Waals surface area contributed by atoms with Gasteiger partial charge in [-0.15, -0.1) is 10.2 Å². The first kappa shape index (κ1) is 10.7. The Hall–Kier alpha value is -2.37. The van der Waals surface area contributed by atoms with E-state index in [2.05, 4.69) is 15.4 Å². The summed E-state index contributed by atoms with van der Waals surface area (Å²) in [5.41, 5.74) is 0. The fourth-order valence-corrected chi connectivity index (χ4v) is 0.725. The van der Waals surface area contributed by atoms with E-state index in [-0.39, 0.29) is 0 Å². The van der Waals surface area contributed by atoms with Gasteiger partial charge in [-0.2, -0.15) is 4.57 Å². The summed E-state index contributed by atoms with van der Waals surface area (Å²) in [6, 6.07) is 6.69. The van der Waals surface area contributed by atoms with Gasteiger partial charge in [0.25, 0.3) is 0 Å². The van der Waals surface area contributed by atoms with Crippen LogP contribution in [0.3, 0.4) is 0 Å². The number of aromatic nitrogens is 4. The Balaban J connectivity index is 0.000000162. The number of hydrogen-bond acceptors (Lipinski definition) is 5. The van der Waals surface area contributed by atoms with Gasteiger partial charge in [-0.1, -0.05) is 6.07 Å². The molecule has 0 atom stereocenters. The van der Waals surface area contributed by atoms with Gasteiger partial charge in [-0.05, 0) is 11.3 Å². The van der Waals surface area contributed by atoms with Gasteiger partial charge in [0.05, 0.1) is 12.4 Å². The van der Waals surface area contributed by atoms with Crippen LogP contribution in [0.5, 0.6) is 0 Å². The molecule has 0 fully saturated rings. The lowest BCUT2D eigenvalue weighted by Gasteiger charge is -1.89. The van der Waals surface area contributed by atoms with Gasteiger partial charge in [0, 0.05) is 12.1 Å². The topological polar surface area (TPSA) is 82.7 Å². The summed E-state index contributed by atoms with van der Waals surface area (Å²) in [6.45, 7) is 0. The van der Waals surface area contributed by atoms with Crippen molar-refractivity contribution in [2.45, 2.75) is 0 Å². The van der Waals surface area contributed by atoms with Crippen molar-refractivity contribution >= 4 is 6.09 Å². The minimum absolute atomic E-state index is 0.972. The molecule has 0 saturated carbocycles. The highest BCUT2D eigenvalue weighted by Gasteiger charge is 1.95. The number of pyridine rings is 1. The van der Waals surface area contributed by atoms with Gasteiger partial charge in [0.1, 0.15) is 0 Å². The van der Waals surface area contributed by atoms with E-state index in [1.54, 1.807) is 36.7 Å². The monoisotopic (exact) mass is 204 g/mol. The lowest BCUT2D eigenvalue weighted by atomic mass is 10.5. The highest BCUT2D eigenvalue weighted by molar-refractivity contribution is 5.50. The summed E-state index contributed by atoms with van der Waals surface area (Å²) in [6.07, 6.45) is 4.76. The first-order valence-electron chi connectivity index (χ1n) is 4.06. The Labute approximate surface area is 85.8 Å². The van der Waals surface area contributed by atoms with Crippen LogP contribution >= 0.6 is 0 Å². The maximum Gasteiger partial charge on any atom is 0.343 e. The standard InChI is InChI=1S/C6H5NO2.C3H3N3/c8-6(9)7-4-2-1-3-5-7;1-2-4-6-5-3-1/h1-5H;1-3H. The summed E-state index contributed by atoms with van der Waals surface area (Å²) in [7, 11) is 0. The fourth-order valence-electron chi connectivity index (χ4n) is 0.725. The molecule has 2 aromatic heterocycles. The van der Waals surface area contributed by atoms with E-state index in [0.29, 0.717) is 0 Å². The predicted molar refractivity (Wildman–Crippen MR) is 47.3 cm³/mol. The third-order valence-corrected chi connectivity index (χ3v) is 1.34. The van der Waals surface area contributed by atoms with E-state index in [9.17, 15) is 9.90 Å². The third kappa shape index (κ3) is 4.41. The van der Waals surface area contributed by atoms with Crippen molar-refractivity contribution in [1.29, 1.82) is 0 Å².